The maximum absolute atomic E-state index is 13.7. The minimum absolute atomic E-state index is 0.127. The first-order valence-electron chi connectivity index (χ1n) is 9.05. The standard InChI is InChI=1S/C22H20F3NO3/c1-2-29-18-13-12-15-8-6-7-11-17(15)19(18)20(27)26-14-21(28,22(23,24)25)16-9-4-3-5-10-16/h3-13,28H,2,14H2,1H3,(H,26,27). The first-order chi connectivity index (χ1) is 13.8. The number of rotatable bonds is 6. The van der Waals surface area contributed by atoms with E-state index < -0.39 is 24.2 Å². The summed E-state index contributed by atoms with van der Waals surface area (Å²) < 4.78 is 46.5. The van der Waals surface area contributed by atoms with Crippen molar-refractivity contribution < 1.29 is 27.8 Å². The van der Waals surface area contributed by atoms with E-state index in [9.17, 15) is 23.1 Å². The molecule has 3 rings (SSSR count). The summed E-state index contributed by atoms with van der Waals surface area (Å²) in [7, 11) is 0. The minimum atomic E-state index is -4.98. The number of hydrogen-bond donors (Lipinski definition) is 2. The molecule has 0 bridgehead atoms. The van der Waals surface area contributed by atoms with Crippen LogP contribution < -0.4 is 10.1 Å². The lowest BCUT2D eigenvalue weighted by Gasteiger charge is -2.31. The molecule has 0 saturated heterocycles. The second-order valence-corrected chi connectivity index (χ2v) is 6.50. The number of hydrogen-bond acceptors (Lipinski definition) is 3. The molecule has 0 radical (unpaired) electrons. The molecule has 0 fully saturated rings. The zero-order valence-corrected chi connectivity index (χ0v) is 15.7. The van der Waals surface area contributed by atoms with E-state index >= 15 is 0 Å². The van der Waals surface area contributed by atoms with Crippen LogP contribution in [0, 0.1) is 0 Å². The van der Waals surface area contributed by atoms with E-state index in [2.05, 4.69) is 5.32 Å². The van der Waals surface area contributed by atoms with Gasteiger partial charge in [-0.05, 0) is 29.3 Å². The molecule has 1 unspecified atom stereocenters. The van der Waals surface area contributed by atoms with Gasteiger partial charge >= 0.3 is 6.18 Å². The summed E-state index contributed by atoms with van der Waals surface area (Å²) in [4.78, 5) is 12.9. The maximum Gasteiger partial charge on any atom is 0.423 e. The van der Waals surface area contributed by atoms with Gasteiger partial charge in [0.2, 0.25) is 5.60 Å². The summed E-state index contributed by atoms with van der Waals surface area (Å²) in [5, 5.41) is 14.0. The fraction of sp³-hybridized carbons (Fsp3) is 0.227. The Labute approximate surface area is 165 Å². The van der Waals surface area contributed by atoms with Crippen LogP contribution in [0.1, 0.15) is 22.8 Å². The maximum atomic E-state index is 13.7. The van der Waals surface area contributed by atoms with Crippen molar-refractivity contribution in [3.8, 4) is 5.75 Å². The third-order valence-corrected chi connectivity index (χ3v) is 4.64. The Morgan fingerprint density at radius 2 is 1.66 bits per heavy atom. The minimum Gasteiger partial charge on any atom is -0.493 e. The Morgan fingerprint density at radius 1 is 1.00 bits per heavy atom. The second kappa shape index (κ2) is 8.13. The Hall–Kier alpha value is -3.06. The van der Waals surface area contributed by atoms with E-state index in [1.165, 1.54) is 24.3 Å². The van der Waals surface area contributed by atoms with Gasteiger partial charge in [-0.3, -0.25) is 4.79 Å². The van der Waals surface area contributed by atoms with E-state index in [-0.39, 0.29) is 23.5 Å². The number of carbonyl (C=O) groups excluding carboxylic acids is 1. The van der Waals surface area contributed by atoms with Crippen LogP contribution in [0.2, 0.25) is 0 Å². The summed E-state index contributed by atoms with van der Waals surface area (Å²) in [6.07, 6.45) is -4.98. The Balaban J connectivity index is 1.97. The molecular formula is C22H20F3NO3. The van der Waals surface area contributed by atoms with Crippen LogP contribution in [0.3, 0.4) is 0 Å². The quantitative estimate of drug-likeness (QED) is 0.641. The van der Waals surface area contributed by atoms with Gasteiger partial charge in [-0.25, -0.2) is 0 Å². The van der Waals surface area contributed by atoms with Crippen molar-refractivity contribution in [3.63, 3.8) is 0 Å². The third-order valence-electron chi connectivity index (χ3n) is 4.64. The van der Waals surface area contributed by atoms with Crippen LogP contribution in [-0.2, 0) is 5.60 Å². The molecule has 0 saturated carbocycles. The van der Waals surface area contributed by atoms with E-state index in [0.717, 1.165) is 5.39 Å². The number of benzene rings is 3. The molecule has 1 atom stereocenters. The Bertz CT molecular complexity index is 1010. The molecular weight excluding hydrogens is 383 g/mol. The van der Waals surface area contributed by atoms with Gasteiger partial charge in [-0.1, -0.05) is 60.7 Å². The number of ether oxygens (including phenoxy) is 1. The molecule has 3 aromatic carbocycles. The molecule has 29 heavy (non-hydrogen) atoms. The zero-order valence-electron chi connectivity index (χ0n) is 15.7. The lowest BCUT2D eigenvalue weighted by molar-refractivity contribution is -0.263. The molecule has 0 aromatic heterocycles. The highest BCUT2D eigenvalue weighted by atomic mass is 19.4. The van der Waals surface area contributed by atoms with Gasteiger partial charge in [0.25, 0.3) is 5.91 Å². The Morgan fingerprint density at radius 3 is 2.31 bits per heavy atom. The summed E-state index contributed by atoms with van der Waals surface area (Å²) in [5.41, 5.74) is -3.45. The highest BCUT2D eigenvalue weighted by molar-refractivity contribution is 6.09. The van der Waals surface area contributed by atoms with Crippen molar-refractivity contribution >= 4 is 16.7 Å². The fourth-order valence-corrected chi connectivity index (χ4v) is 3.14. The van der Waals surface area contributed by atoms with Crippen molar-refractivity contribution in [3.05, 3.63) is 77.9 Å². The van der Waals surface area contributed by atoms with Crippen LogP contribution in [0.5, 0.6) is 5.75 Å². The average molecular weight is 403 g/mol. The van der Waals surface area contributed by atoms with E-state index in [0.29, 0.717) is 5.39 Å². The molecule has 0 heterocycles. The number of aliphatic hydroxyl groups is 1. The molecule has 2 N–H and O–H groups in total. The SMILES string of the molecule is CCOc1ccc2ccccc2c1C(=O)NCC(O)(c1ccccc1)C(F)(F)F. The predicted octanol–water partition coefficient (Wildman–Crippen LogP) is 4.42. The summed E-state index contributed by atoms with van der Waals surface area (Å²) >= 11 is 0. The van der Waals surface area contributed by atoms with Crippen molar-refractivity contribution in [2.45, 2.75) is 18.7 Å². The highest BCUT2D eigenvalue weighted by Crippen LogP contribution is 2.38. The predicted molar refractivity (Wildman–Crippen MR) is 104 cm³/mol. The lowest BCUT2D eigenvalue weighted by atomic mass is 9.92. The molecule has 152 valence electrons. The van der Waals surface area contributed by atoms with E-state index in [1.807, 2.05) is 0 Å². The molecule has 0 aliphatic rings. The van der Waals surface area contributed by atoms with E-state index in [1.54, 1.807) is 49.4 Å². The number of amides is 1. The van der Waals surface area contributed by atoms with Gasteiger partial charge in [0.1, 0.15) is 5.75 Å². The van der Waals surface area contributed by atoms with Gasteiger partial charge in [0, 0.05) is 0 Å². The van der Waals surface area contributed by atoms with Crippen molar-refractivity contribution in [1.29, 1.82) is 0 Å². The molecule has 3 aromatic rings. The molecule has 4 nitrogen and oxygen atoms in total. The van der Waals surface area contributed by atoms with Crippen LogP contribution in [-0.4, -0.2) is 30.3 Å². The van der Waals surface area contributed by atoms with Crippen LogP contribution in [0.4, 0.5) is 13.2 Å². The van der Waals surface area contributed by atoms with Gasteiger partial charge in [-0.15, -0.1) is 0 Å². The second-order valence-electron chi connectivity index (χ2n) is 6.50. The first-order valence-corrected chi connectivity index (χ1v) is 9.05. The summed E-state index contributed by atoms with van der Waals surface area (Å²) in [6, 6.07) is 17.1. The van der Waals surface area contributed by atoms with Crippen LogP contribution >= 0.6 is 0 Å². The monoisotopic (exact) mass is 403 g/mol. The number of fused-ring (bicyclic) bond motifs is 1. The molecule has 7 heteroatoms. The van der Waals surface area contributed by atoms with Gasteiger partial charge in [0.05, 0.1) is 18.7 Å². The Kier molecular flexibility index (Phi) is 5.79. The average Bonchev–Trinajstić information content (AvgIpc) is 2.71. The van der Waals surface area contributed by atoms with Crippen molar-refractivity contribution in [2.24, 2.45) is 0 Å². The summed E-state index contributed by atoms with van der Waals surface area (Å²) in [5.74, 6) is -0.497. The normalized spacial score (nSPS) is 13.7. The fourth-order valence-electron chi connectivity index (χ4n) is 3.14. The van der Waals surface area contributed by atoms with Crippen LogP contribution in [0.25, 0.3) is 10.8 Å². The largest absolute Gasteiger partial charge is 0.493 e. The molecule has 1 amide bonds. The van der Waals surface area contributed by atoms with E-state index in [4.69, 9.17) is 4.74 Å². The number of nitrogens with one attached hydrogen (secondary N) is 1. The third kappa shape index (κ3) is 4.05. The molecule has 0 aliphatic carbocycles. The first kappa shape index (κ1) is 20.7. The topological polar surface area (TPSA) is 58.6 Å². The van der Waals surface area contributed by atoms with Crippen LogP contribution in [0.15, 0.2) is 66.7 Å². The molecule has 0 aliphatic heterocycles. The number of carbonyl (C=O) groups is 1. The lowest BCUT2D eigenvalue weighted by Crippen LogP contribution is -2.51. The van der Waals surface area contributed by atoms with Gasteiger partial charge < -0.3 is 15.2 Å². The summed E-state index contributed by atoms with van der Waals surface area (Å²) in [6.45, 7) is 0.998. The highest BCUT2D eigenvalue weighted by Gasteiger charge is 2.55. The van der Waals surface area contributed by atoms with Gasteiger partial charge in [-0.2, -0.15) is 13.2 Å². The van der Waals surface area contributed by atoms with Crippen molar-refractivity contribution in [2.75, 3.05) is 13.2 Å². The molecule has 0 spiro atoms. The smallest absolute Gasteiger partial charge is 0.423 e. The zero-order chi connectivity index (χ0) is 21.1. The number of alkyl halides is 3. The number of halogens is 3. The van der Waals surface area contributed by atoms with Crippen molar-refractivity contribution in [1.82, 2.24) is 5.32 Å². The van der Waals surface area contributed by atoms with Gasteiger partial charge in [0.15, 0.2) is 0 Å².